The molecule has 0 aromatic rings. The molecule has 0 aromatic heterocycles. The van der Waals surface area contributed by atoms with Gasteiger partial charge in [0.2, 0.25) is 0 Å². The standard InChI is InChI=1S/C22H40O4/c1-2-3-4-5-6-7-8-9-10-11-12-13-14-15-16-17-18-22(25)26-20-21(24)19-23/h12-15,21,23-24H,2-11,16-20H2,1H3. The molecule has 0 amide bonds. The van der Waals surface area contributed by atoms with Gasteiger partial charge in [0.1, 0.15) is 12.7 Å². The van der Waals surface area contributed by atoms with E-state index in [4.69, 9.17) is 14.9 Å². The van der Waals surface area contributed by atoms with Crippen molar-refractivity contribution in [1.82, 2.24) is 0 Å². The van der Waals surface area contributed by atoms with Gasteiger partial charge >= 0.3 is 5.97 Å². The Morgan fingerprint density at radius 2 is 1.42 bits per heavy atom. The van der Waals surface area contributed by atoms with Crippen molar-refractivity contribution in [1.29, 1.82) is 0 Å². The number of ether oxygens (including phenoxy) is 1. The summed E-state index contributed by atoms with van der Waals surface area (Å²) in [7, 11) is 0. The number of esters is 1. The molecule has 0 aliphatic rings. The first-order chi connectivity index (χ1) is 12.7. The average molecular weight is 369 g/mol. The number of hydrogen-bond acceptors (Lipinski definition) is 4. The predicted octanol–water partition coefficient (Wildman–Crippen LogP) is 5.09. The molecule has 1 unspecified atom stereocenters. The van der Waals surface area contributed by atoms with E-state index in [0.717, 1.165) is 19.3 Å². The molecule has 0 bridgehead atoms. The lowest BCUT2D eigenvalue weighted by Gasteiger charge is -2.07. The Morgan fingerprint density at radius 3 is 2.00 bits per heavy atom. The number of aliphatic hydroxyl groups excluding tert-OH is 2. The molecule has 152 valence electrons. The van der Waals surface area contributed by atoms with Gasteiger partial charge in [0.25, 0.3) is 0 Å². The van der Waals surface area contributed by atoms with Gasteiger partial charge in [0.15, 0.2) is 0 Å². The Bertz CT molecular complexity index is 363. The van der Waals surface area contributed by atoms with Gasteiger partial charge in [-0.15, -0.1) is 0 Å². The number of aliphatic hydroxyl groups is 2. The molecule has 0 spiro atoms. The number of allylic oxidation sites excluding steroid dienone is 4. The predicted molar refractivity (Wildman–Crippen MR) is 108 cm³/mol. The van der Waals surface area contributed by atoms with Crippen molar-refractivity contribution < 1.29 is 19.7 Å². The summed E-state index contributed by atoms with van der Waals surface area (Å²) < 4.78 is 4.83. The molecule has 0 heterocycles. The van der Waals surface area contributed by atoms with Crippen molar-refractivity contribution >= 4 is 5.97 Å². The molecular formula is C22H40O4. The highest BCUT2D eigenvalue weighted by atomic mass is 16.5. The van der Waals surface area contributed by atoms with Crippen LogP contribution in [0.1, 0.15) is 90.4 Å². The zero-order chi connectivity index (χ0) is 19.3. The third-order valence-corrected chi connectivity index (χ3v) is 4.26. The maximum Gasteiger partial charge on any atom is 0.305 e. The number of unbranched alkanes of at least 4 members (excludes halogenated alkanes) is 10. The summed E-state index contributed by atoms with van der Waals surface area (Å²) in [6, 6.07) is 0. The van der Waals surface area contributed by atoms with Crippen molar-refractivity contribution in [3.05, 3.63) is 24.3 Å². The van der Waals surface area contributed by atoms with Crippen LogP contribution in [0.4, 0.5) is 0 Å². The van der Waals surface area contributed by atoms with Crippen LogP contribution in [-0.4, -0.2) is 35.5 Å². The third-order valence-electron chi connectivity index (χ3n) is 4.26. The minimum atomic E-state index is -0.977. The molecule has 4 heteroatoms. The van der Waals surface area contributed by atoms with Crippen molar-refractivity contribution in [3.63, 3.8) is 0 Å². The van der Waals surface area contributed by atoms with Crippen molar-refractivity contribution in [2.24, 2.45) is 0 Å². The fourth-order valence-electron chi connectivity index (χ4n) is 2.60. The summed E-state index contributed by atoms with van der Waals surface area (Å²) in [6.07, 6.45) is 22.7. The topological polar surface area (TPSA) is 66.8 Å². The fraction of sp³-hybridized carbons (Fsp3) is 0.773. The lowest BCUT2D eigenvalue weighted by molar-refractivity contribution is -0.147. The Kier molecular flexibility index (Phi) is 19.3. The molecule has 0 radical (unpaired) electrons. The van der Waals surface area contributed by atoms with Crippen LogP contribution in [0.15, 0.2) is 24.3 Å². The highest BCUT2D eigenvalue weighted by Gasteiger charge is 2.06. The molecule has 0 fully saturated rings. The quantitative estimate of drug-likeness (QED) is 0.201. The van der Waals surface area contributed by atoms with Gasteiger partial charge < -0.3 is 14.9 Å². The monoisotopic (exact) mass is 368 g/mol. The summed E-state index contributed by atoms with van der Waals surface area (Å²) in [4.78, 5) is 11.4. The molecule has 0 saturated heterocycles. The van der Waals surface area contributed by atoms with E-state index in [1.807, 2.05) is 6.08 Å². The van der Waals surface area contributed by atoms with Crippen LogP contribution in [0.2, 0.25) is 0 Å². The first-order valence-electron chi connectivity index (χ1n) is 10.5. The smallest absolute Gasteiger partial charge is 0.305 e. The van der Waals surface area contributed by atoms with Crippen LogP contribution < -0.4 is 0 Å². The number of hydrogen-bond donors (Lipinski definition) is 2. The molecule has 4 nitrogen and oxygen atoms in total. The summed E-state index contributed by atoms with van der Waals surface area (Å²) in [6.45, 7) is 1.74. The summed E-state index contributed by atoms with van der Waals surface area (Å²) in [5, 5.41) is 17.7. The van der Waals surface area contributed by atoms with Gasteiger partial charge in [0.05, 0.1) is 6.61 Å². The van der Waals surface area contributed by atoms with E-state index in [0.29, 0.717) is 6.42 Å². The molecular weight excluding hydrogens is 328 g/mol. The molecule has 0 aromatic carbocycles. The van der Waals surface area contributed by atoms with Crippen LogP contribution in [0, 0.1) is 0 Å². The fourth-order valence-corrected chi connectivity index (χ4v) is 2.60. The van der Waals surface area contributed by atoms with Crippen molar-refractivity contribution in [2.75, 3.05) is 13.2 Å². The van der Waals surface area contributed by atoms with E-state index in [9.17, 15) is 4.79 Å². The Labute approximate surface area is 160 Å². The normalized spacial score (nSPS) is 12.9. The third kappa shape index (κ3) is 19.2. The highest BCUT2D eigenvalue weighted by molar-refractivity contribution is 5.69. The zero-order valence-corrected chi connectivity index (χ0v) is 16.7. The van der Waals surface area contributed by atoms with E-state index in [2.05, 4.69) is 25.2 Å². The van der Waals surface area contributed by atoms with Crippen LogP contribution in [0.5, 0.6) is 0 Å². The number of carbonyl (C=O) groups is 1. The molecule has 0 aliphatic heterocycles. The van der Waals surface area contributed by atoms with E-state index in [1.54, 1.807) is 0 Å². The van der Waals surface area contributed by atoms with Gasteiger partial charge in [-0.3, -0.25) is 4.79 Å². The molecule has 0 rings (SSSR count). The Morgan fingerprint density at radius 1 is 0.885 bits per heavy atom. The maximum absolute atomic E-state index is 11.4. The second kappa shape index (κ2) is 20.2. The van der Waals surface area contributed by atoms with Gasteiger partial charge in [-0.25, -0.2) is 0 Å². The molecule has 26 heavy (non-hydrogen) atoms. The van der Waals surface area contributed by atoms with E-state index < -0.39 is 6.10 Å². The van der Waals surface area contributed by atoms with E-state index in [-0.39, 0.29) is 19.2 Å². The Hall–Kier alpha value is -1.13. The minimum absolute atomic E-state index is 0.132. The lowest BCUT2D eigenvalue weighted by Crippen LogP contribution is -2.21. The average Bonchev–Trinajstić information content (AvgIpc) is 2.65. The zero-order valence-electron chi connectivity index (χ0n) is 16.7. The summed E-state index contributed by atoms with van der Waals surface area (Å²) in [5.74, 6) is -0.327. The maximum atomic E-state index is 11.4. The van der Waals surface area contributed by atoms with Crippen molar-refractivity contribution in [3.8, 4) is 0 Å². The largest absolute Gasteiger partial charge is 0.463 e. The van der Waals surface area contributed by atoms with E-state index >= 15 is 0 Å². The second-order valence-corrected chi connectivity index (χ2v) is 6.89. The molecule has 2 N–H and O–H groups in total. The minimum Gasteiger partial charge on any atom is -0.463 e. The van der Waals surface area contributed by atoms with Crippen LogP contribution in [-0.2, 0) is 9.53 Å². The first kappa shape index (κ1) is 24.9. The SMILES string of the molecule is CCCCCCCCCCCC=CC=CCCCC(=O)OCC(O)CO. The van der Waals surface area contributed by atoms with Crippen LogP contribution in [0.25, 0.3) is 0 Å². The number of carbonyl (C=O) groups excluding carboxylic acids is 1. The van der Waals surface area contributed by atoms with Gasteiger partial charge in [0, 0.05) is 6.42 Å². The van der Waals surface area contributed by atoms with Gasteiger partial charge in [-0.05, 0) is 25.7 Å². The van der Waals surface area contributed by atoms with Gasteiger partial charge in [-0.2, -0.15) is 0 Å². The van der Waals surface area contributed by atoms with Crippen molar-refractivity contribution in [2.45, 2.75) is 96.5 Å². The first-order valence-corrected chi connectivity index (χ1v) is 10.5. The highest BCUT2D eigenvalue weighted by Crippen LogP contribution is 2.10. The van der Waals surface area contributed by atoms with Gasteiger partial charge in [-0.1, -0.05) is 82.6 Å². The summed E-state index contributed by atoms with van der Waals surface area (Å²) >= 11 is 0. The molecule has 0 saturated carbocycles. The summed E-state index contributed by atoms with van der Waals surface area (Å²) in [5.41, 5.74) is 0. The van der Waals surface area contributed by atoms with Crippen LogP contribution >= 0.6 is 0 Å². The molecule has 1 atom stereocenters. The second-order valence-electron chi connectivity index (χ2n) is 6.89. The lowest BCUT2D eigenvalue weighted by atomic mass is 10.1. The number of rotatable bonds is 18. The Balaban J connectivity index is 3.34. The van der Waals surface area contributed by atoms with Crippen LogP contribution in [0.3, 0.4) is 0 Å². The molecule has 0 aliphatic carbocycles. The van der Waals surface area contributed by atoms with E-state index in [1.165, 1.54) is 57.8 Å².